The molecule has 0 saturated carbocycles. The summed E-state index contributed by atoms with van der Waals surface area (Å²) < 4.78 is 0. The van der Waals surface area contributed by atoms with Gasteiger partial charge in [-0.2, -0.15) is 5.10 Å². The first-order chi connectivity index (χ1) is 17.0. The van der Waals surface area contributed by atoms with Crippen LogP contribution in [0.15, 0.2) is 82.7 Å². The van der Waals surface area contributed by atoms with Gasteiger partial charge in [0.15, 0.2) is 0 Å². The molecule has 3 aromatic carbocycles. The number of nitrogens with zero attached hydrogens (tertiary/aromatic N) is 2. The summed E-state index contributed by atoms with van der Waals surface area (Å²) in [4.78, 5) is 29.4. The van der Waals surface area contributed by atoms with Crippen LogP contribution in [0.4, 0.5) is 0 Å². The summed E-state index contributed by atoms with van der Waals surface area (Å²) in [6.07, 6.45) is 1.74. The Balaban J connectivity index is 1.69. The molecule has 0 radical (unpaired) electrons. The quantitative estimate of drug-likeness (QED) is 0.352. The van der Waals surface area contributed by atoms with E-state index >= 15 is 0 Å². The monoisotopic (exact) mass is 483 g/mol. The molecule has 5 nitrogen and oxygen atoms in total. The normalized spacial score (nSPS) is 15.5. The van der Waals surface area contributed by atoms with E-state index in [9.17, 15) is 9.59 Å². The lowest BCUT2D eigenvalue weighted by molar-refractivity contribution is -0.132. The predicted molar refractivity (Wildman–Crippen MR) is 142 cm³/mol. The first-order valence-electron chi connectivity index (χ1n) is 11.9. The standard InChI is InChI=1S/C29H26ClN3O2/c1-3-18-9-11-19(12-10-18)25-17-24(32-33(25)26(34)4-2)28-27(20-13-15-21(30)16-14-20)22-7-5-6-8-23(22)31-29(28)35/h5-16,25H,3-4,17H2,1-2H3,(H,31,35). The van der Waals surface area contributed by atoms with Crippen LogP contribution in [0.5, 0.6) is 0 Å². The molecule has 4 aromatic rings. The molecular formula is C29H26ClN3O2. The fourth-order valence-corrected chi connectivity index (χ4v) is 4.85. The summed E-state index contributed by atoms with van der Waals surface area (Å²) in [6.45, 7) is 3.94. The Morgan fingerprint density at radius 2 is 1.71 bits per heavy atom. The number of hydrogen-bond donors (Lipinski definition) is 1. The number of aromatic nitrogens is 1. The van der Waals surface area contributed by atoms with Gasteiger partial charge in [-0.05, 0) is 41.3 Å². The molecule has 1 N–H and O–H groups in total. The van der Waals surface area contributed by atoms with Gasteiger partial charge in [-0.1, -0.05) is 80.0 Å². The summed E-state index contributed by atoms with van der Waals surface area (Å²) >= 11 is 6.16. The van der Waals surface area contributed by atoms with E-state index in [-0.39, 0.29) is 17.5 Å². The van der Waals surface area contributed by atoms with Crippen LogP contribution < -0.4 is 5.56 Å². The van der Waals surface area contributed by atoms with Crippen molar-refractivity contribution in [3.05, 3.63) is 105 Å². The second kappa shape index (κ2) is 9.51. The van der Waals surface area contributed by atoms with Crippen LogP contribution in [-0.4, -0.2) is 21.6 Å². The number of H-pyrrole nitrogens is 1. The van der Waals surface area contributed by atoms with Crippen molar-refractivity contribution < 1.29 is 4.79 Å². The molecule has 6 heteroatoms. The van der Waals surface area contributed by atoms with Gasteiger partial charge < -0.3 is 4.98 Å². The molecule has 0 bridgehead atoms. The fourth-order valence-electron chi connectivity index (χ4n) is 4.72. The minimum atomic E-state index is -0.257. The molecule has 5 rings (SSSR count). The van der Waals surface area contributed by atoms with Gasteiger partial charge in [0, 0.05) is 34.3 Å². The van der Waals surface area contributed by atoms with Crippen LogP contribution in [0.3, 0.4) is 0 Å². The summed E-state index contributed by atoms with van der Waals surface area (Å²) in [7, 11) is 0. The molecule has 1 aliphatic heterocycles. The molecule has 1 aliphatic rings. The van der Waals surface area contributed by atoms with Crippen LogP contribution in [-0.2, 0) is 11.2 Å². The molecule has 1 amide bonds. The maximum absolute atomic E-state index is 13.5. The lowest BCUT2D eigenvalue weighted by Gasteiger charge is -2.21. The number of carbonyl (C=O) groups excluding carboxylic acids is 1. The van der Waals surface area contributed by atoms with Crippen LogP contribution in [0, 0.1) is 0 Å². The molecule has 2 heterocycles. The number of halogens is 1. The van der Waals surface area contributed by atoms with Gasteiger partial charge in [-0.3, -0.25) is 9.59 Å². The van der Waals surface area contributed by atoms with Crippen molar-refractivity contribution in [3.63, 3.8) is 0 Å². The van der Waals surface area contributed by atoms with E-state index in [1.807, 2.05) is 55.5 Å². The summed E-state index contributed by atoms with van der Waals surface area (Å²) in [5, 5.41) is 7.84. The van der Waals surface area contributed by atoms with Crippen molar-refractivity contribution in [2.75, 3.05) is 0 Å². The number of hydrazone groups is 1. The van der Waals surface area contributed by atoms with Crippen molar-refractivity contribution in [3.8, 4) is 11.1 Å². The summed E-state index contributed by atoms with van der Waals surface area (Å²) in [5.74, 6) is -0.0742. The Bertz CT molecular complexity index is 1490. The Morgan fingerprint density at radius 1 is 1.00 bits per heavy atom. The first kappa shape index (κ1) is 23.1. The third-order valence-corrected chi connectivity index (χ3v) is 6.84. The average Bonchev–Trinajstić information content (AvgIpc) is 3.33. The van der Waals surface area contributed by atoms with Crippen LogP contribution in [0.25, 0.3) is 22.0 Å². The summed E-state index contributed by atoms with van der Waals surface area (Å²) in [5.41, 5.74) is 5.53. The number of nitrogens with one attached hydrogen (secondary N) is 1. The van der Waals surface area contributed by atoms with Gasteiger partial charge in [0.2, 0.25) is 5.91 Å². The van der Waals surface area contributed by atoms with Crippen LogP contribution >= 0.6 is 11.6 Å². The Hall–Kier alpha value is -3.70. The number of benzene rings is 3. The first-order valence-corrected chi connectivity index (χ1v) is 12.3. The van der Waals surface area contributed by atoms with E-state index in [2.05, 4.69) is 36.2 Å². The molecule has 176 valence electrons. The third kappa shape index (κ3) is 4.28. The molecule has 0 aliphatic carbocycles. The number of rotatable bonds is 5. The zero-order valence-corrected chi connectivity index (χ0v) is 20.5. The number of para-hydroxylation sites is 1. The van der Waals surface area contributed by atoms with Gasteiger partial charge in [0.1, 0.15) is 0 Å². The van der Waals surface area contributed by atoms with Crippen molar-refractivity contribution >= 4 is 34.1 Å². The second-order valence-corrected chi connectivity index (χ2v) is 9.15. The molecule has 0 spiro atoms. The van der Waals surface area contributed by atoms with E-state index in [0.717, 1.165) is 34.0 Å². The SMILES string of the molecule is CCC(=O)N1N=C(c2c(-c3ccc(Cl)cc3)c3ccccc3[nH]c2=O)CC1c1ccc(CC)cc1. The van der Waals surface area contributed by atoms with Gasteiger partial charge in [0.25, 0.3) is 5.56 Å². The van der Waals surface area contributed by atoms with Gasteiger partial charge in [-0.15, -0.1) is 0 Å². The molecule has 1 unspecified atom stereocenters. The maximum Gasteiger partial charge on any atom is 0.258 e. The van der Waals surface area contributed by atoms with Gasteiger partial charge in [0.05, 0.1) is 17.3 Å². The maximum atomic E-state index is 13.5. The molecule has 1 atom stereocenters. The number of hydrogen-bond acceptors (Lipinski definition) is 3. The zero-order chi connectivity index (χ0) is 24.5. The highest BCUT2D eigenvalue weighted by Gasteiger charge is 2.34. The molecule has 0 fully saturated rings. The number of fused-ring (bicyclic) bond motifs is 1. The number of aryl methyl sites for hydroxylation is 1. The van der Waals surface area contributed by atoms with Crippen LogP contribution in [0.1, 0.15) is 49.4 Å². The van der Waals surface area contributed by atoms with E-state index in [0.29, 0.717) is 29.1 Å². The fraction of sp³-hybridized carbons (Fsp3) is 0.207. The van der Waals surface area contributed by atoms with Crippen molar-refractivity contribution in [2.24, 2.45) is 5.10 Å². The van der Waals surface area contributed by atoms with E-state index in [1.165, 1.54) is 5.56 Å². The number of amides is 1. The molecule has 35 heavy (non-hydrogen) atoms. The van der Waals surface area contributed by atoms with E-state index in [1.54, 1.807) is 5.01 Å². The Morgan fingerprint density at radius 3 is 2.40 bits per heavy atom. The lowest BCUT2D eigenvalue weighted by atomic mass is 9.91. The molecule has 1 aromatic heterocycles. The highest BCUT2D eigenvalue weighted by atomic mass is 35.5. The van der Waals surface area contributed by atoms with E-state index < -0.39 is 0 Å². The zero-order valence-electron chi connectivity index (χ0n) is 19.7. The van der Waals surface area contributed by atoms with E-state index in [4.69, 9.17) is 16.7 Å². The number of pyridine rings is 1. The van der Waals surface area contributed by atoms with Gasteiger partial charge in [-0.25, -0.2) is 5.01 Å². The minimum absolute atomic E-state index is 0.0742. The largest absolute Gasteiger partial charge is 0.321 e. The minimum Gasteiger partial charge on any atom is -0.321 e. The van der Waals surface area contributed by atoms with Crippen molar-refractivity contribution in [1.82, 2.24) is 9.99 Å². The Kier molecular flexibility index (Phi) is 6.27. The number of carbonyl (C=O) groups is 1. The van der Waals surface area contributed by atoms with Crippen molar-refractivity contribution in [2.45, 2.75) is 39.2 Å². The molecule has 0 saturated heterocycles. The molecular weight excluding hydrogens is 458 g/mol. The van der Waals surface area contributed by atoms with Crippen molar-refractivity contribution in [1.29, 1.82) is 0 Å². The van der Waals surface area contributed by atoms with Gasteiger partial charge >= 0.3 is 0 Å². The highest BCUT2D eigenvalue weighted by molar-refractivity contribution is 6.30. The smallest absolute Gasteiger partial charge is 0.258 e. The highest BCUT2D eigenvalue weighted by Crippen LogP contribution is 2.37. The third-order valence-electron chi connectivity index (χ3n) is 6.58. The summed E-state index contributed by atoms with van der Waals surface area (Å²) in [6, 6.07) is 23.2. The number of aromatic amines is 1. The topological polar surface area (TPSA) is 65.5 Å². The Labute approximate surface area is 209 Å². The lowest BCUT2D eigenvalue weighted by Crippen LogP contribution is -2.26. The average molecular weight is 484 g/mol. The van der Waals surface area contributed by atoms with Crippen LogP contribution in [0.2, 0.25) is 5.02 Å². The second-order valence-electron chi connectivity index (χ2n) is 8.71. The predicted octanol–water partition coefficient (Wildman–Crippen LogP) is 6.50.